The number of nitrogens with zero attached hydrogens (tertiary/aromatic N) is 1. The second-order valence-corrected chi connectivity index (χ2v) is 8.60. The molecule has 0 radical (unpaired) electrons. The zero-order valence-corrected chi connectivity index (χ0v) is 17.0. The lowest BCUT2D eigenvalue weighted by molar-refractivity contribution is -0.127. The summed E-state index contributed by atoms with van der Waals surface area (Å²) >= 11 is 0. The molecule has 2 fully saturated rings. The van der Waals surface area contributed by atoms with Gasteiger partial charge in [-0.3, -0.25) is 14.5 Å². The SMILES string of the molecule is C[C@H]1[C@H](C)CCC[C@@H]1NC(=O)[C@H](C)N1CCC(C(=O)c2ccccc2)CC1. The predicted octanol–water partition coefficient (Wildman–Crippen LogP) is 3.91. The molecule has 0 bridgehead atoms. The second kappa shape index (κ2) is 9.01. The molecular weight excluding hydrogens is 336 g/mol. The highest BCUT2D eigenvalue weighted by molar-refractivity contribution is 5.97. The van der Waals surface area contributed by atoms with E-state index in [-0.39, 0.29) is 23.7 Å². The molecule has 1 N–H and O–H groups in total. The fourth-order valence-electron chi connectivity index (χ4n) is 4.64. The van der Waals surface area contributed by atoms with Crippen LogP contribution in [0.3, 0.4) is 0 Å². The fourth-order valence-corrected chi connectivity index (χ4v) is 4.64. The molecule has 0 aromatic heterocycles. The lowest BCUT2D eigenvalue weighted by Crippen LogP contribution is -2.53. The van der Waals surface area contributed by atoms with E-state index in [1.54, 1.807) is 0 Å². The summed E-state index contributed by atoms with van der Waals surface area (Å²) in [5, 5.41) is 3.31. The Kier molecular flexibility index (Phi) is 6.69. The monoisotopic (exact) mass is 370 g/mol. The summed E-state index contributed by atoms with van der Waals surface area (Å²) < 4.78 is 0. The Morgan fingerprint density at radius 2 is 1.70 bits per heavy atom. The number of piperidine rings is 1. The standard InChI is InChI=1S/C23H34N2O2/c1-16-8-7-11-21(17(16)2)24-23(27)18(3)25-14-12-20(13-15-25)22(26)19-9-5-4-6-10-19/h4-6,9-10,16-18,20-21H,7-8,11-15H2,1-3H3,(H,24,27)/t16-,17+,18+,21+/m1/s1. The number of amides is 1. The third kappa shape index (κ3) is 4.78. The maximum atomic E-state index is 12.8. The van der Waals surface area contributed by atoms with Crippen molar-refractivity contribution >= 4 is 11.7 Å². The van der Waals surface area contributed by atoms with Gasteiger partial charge in [-0.1, -0.05) is 57.0 Å². The number of likely N-dealkylation sites (tertiary alicyclic amines) is 1. The maximum absolute atomic E-state index is 12.8. The van der Waals surface area contributed by atoms with Crippen LogP contribution in [0, 0.1) is 17.8 Å². The van der Waals surface area contributed by atoms with Gasteiger partial charge in [0.1, 0.15) is 0 Å². The minimum absolute atomic E-state index is 0.0816. The molecule has 0 unspecified atom stereocenters. The molecule has 1 aliphatic heterocycles. The molecule has 1 amide bonds. The molecule has 1 saturated carbocycles. The van der Waals surface area contributed by atoms with E-state index in [9.17, 15) is 9.59 Å². The zero-order valence-electron chi connectivity index (χ0n) is 17.0. The molecule has 4 atom stereocenters. The van der Waals surface area contributed by atoms with Gasteiger partial charge in [-0.15, -0.1) is 0 Å². The van der Waals surface area contributed by atoms with Crippen LogP contribution in [0.15, 0.2) is 30.3 Å². The zero-order chi connectivity index (χ0) is 19.4. The first-order valence-corrected chi connectivity index (χ1v) is 10.6. The Balaban J connectivity index is 1.50. The normalized spacial score (nSPS) is 28.5. The van der Waals surface area contributed by atoms with Crippen molar-refractivity contribution in [3.05, 3.63) is 35.9 Å². The topological polar surface area (TPSA) is 49.4 Å². The van der Waals surface area contributed by atoms with Gasteiger partial charge < -0.3 is 5.32 Å². The van der Waals surface area contributed by atoms with Crippen LogP contribution in [-0.2, 0) is 4.79 Å². The molecule has 1 saturated heterocycles. The smallest absolute Gasteiger partial charge is 0.237 e. The van der Waals surface area contributed by atoms with E-state index in [1.807, 2.05) is 37.3 Å². The van der Waals surface area contributed by atoms with E-state index in [1.165, 1.54) is 12.8 Å². The summed E-state index contributed by atoms with van der Waals surface area (Å²) in [4.78, 5) is 27.7. The van der Waals surface area contributed by atoms with Gasteiger partial charge in [-0.05, 0) is 51.1 Å². The lowest BCUT2D eigenvalue weighted by atomic mass is 9.78. The van der Waals surface area contributed by atoms with Crippen molar-refractivity contribution in [3.8, 4) is 0 Å². The van der Waals surface area contributed by atoms with Gasteiger partial charge in [-0.2, -0.15) is 0 Å². The van der Waals surface area contributed by atoms with Crippen LogP contribution in [0.5, 0.6) is 0 Å². The molecule has 2 aliphatic rings. The van der Waals surface area contributed by atoms with Crippen molar-refractivity contribution in [3.63, 3.8) is 0 Å². The molecule has 27 heavy (non-hydrogen) atoms. The summed E-state index contributed by atoms with van der Waals surface area (Å²) in [7, 11) is 0. The highest BCUT2D eigenvalue weighted by Crippen LogP contribution is 2.30. The van der Waals surface area contributed by atoms with E-state index < -0.39 is 0 Å². The number of Topliss-reactive ketones (excluding diaryl/α,β-unsaturated/α-hetero) is 1. The van der Waals surface area contributed by atoms with E-state index in [4.69, 9.17) is 0 Å². The molecule has 0 spiro atoms. The molecule has 1 aromatic carbocycles. The minimum atomic E-state index is -0.123. The Bertz CT molecular complexity index is 637. The summed E-state index contributed by atoms with van der Waals surface area (Å²) in [6, 6.07) is 9.76. The van der Waals surface area contributed by atoms with Crippen molar-refractivity contribution in [2.45, 2.75) is 65.0 Å². The van der Waals surface area contributed by atoms with Crippen LogP contribution in [0.25, 0.3) is 0 Å². The van der Waals surface area contributed by atoms with E-state index in [2.05, 4.69) is 24.1 Å². The summed E-state index contributed by atoms with van der Waals surface area (Å²) in [5.41, 5.74) is 0.808. The third-order valence-corrected chi connectivity index (χ3v) is 6.92. The molecule has 148 valence electrons. The number of carbonyl (C=O) groups excluding carboxylic acids is 2. The molecular formula is C23H34N2O2. The number of nitrogens with one attached hydrogen (secondary N) is 1. The van der Waals surface area contributed by atoms with E-state index in [0.29, 0.717) is 17.9 Å². The van der Waals surface area contributed by atoms with Crippen LogP contribution in [-0.4, -0.2) is 41.8 Å². The van der Waals surface area contributed by atoms with Crippen LogP contribution in [0.4, 0.5) is 0 Å². The van der Waals surface area contributed by atoms with Crippen molar-refractivity contribution in [1.82, 2.24) is 10.2 Å². The van der Waals surface area contributed by atoms with E-state index in [0.717, 1.165) is 37.9 Å². The Hall–Kier alpha value is -1.68. The van der Waals surface area contributed by atoms with Crippen LogP contribution < -0.4 is 5.32 Å². The van der Waals surface area contributed by atoms with Gasteiger partial charge >= 0.3 is 0 Å². The average molecular weight is 371 g/mol. The first-order chi connectivity index (χ1) is 13.0. The number of rotatable bonds is 5. The largest absolute Gasteiger partial charge is 0.352 e. The Labute approximate surface area is 163 Å². The number of benzene rings is 1. The van der Waals surface area contributed by atoms with E-state index >= 15 is 0 Å². The van der Waals surface area contributed by atoms with Crippen LogP contribution in [0.2, 0.25) is 0 Å². The maximum Gasteiger partial charge on any atom is 0.237 e. The molecule has 4 heteroatoms. The van der Waals surface area contributed by atoms with Gasteiger partial charge in [0, 0.05) is 17.5 Å². The summed E-state index contributed by atoms with van der Waals surface area (Å²) in [6.45, 7) is 8.19. The first-order valence-electron chi connectivity index (χ1n) is 10.6. The molecule has 1 aromatic rings. The fraction of sp³-hybridized carbons (Fsp3) is 0.652. The molecule has 1 heterocycles. The van der Waals surface area contributed by atoms with Crippen molar-refractivity contribution in [2.75, 3.05) is 13.1 Å². The van der Waals surface area contributed by atoms with Gasteiger partial charge in [0.15, 0.2) is 5.78 Å². The summed E-state index contributed by atoms with van der Waals surface area (Å²) in [6.07, 6.45) is 5.24. The van der Waals surface area contributed by atoms with Crippen LogP contribution in [0.1, 0.15) is 63.2 Å². The van der Waals surface area contributed by atoms with Gasteiger partial charge in [0.2, 0.25) is 5.91 Å². The minimum Gasteiger partial charge on any atom is -0.352 e. The van der Waals surface area contributed by atoms with Gasteiger partial charge in [-0.25, -0.2) is 0 Å². The molecule has 3 rings (SSSR count). The number of carbonyl (C=O) groups is 2. The lowest BCUT2D eigenvalue weighted by Gasteiger charge is -2.38. The average Bonchev–Trinajstić information content (AvgIpc) is 2.71. The number of hydrogen-bond acceptors (Lipinski definition) is 3. The highest BCUT2D eigenvalue weighted by atomic mass is 16.2. The molecule has 1 aliphatic carbocycles. The predicted molar refractivity (Wildman–Crippen MR) is 109 cm³/mol. The first kappa shape index (κ1) is 20.1. The van der Waals surface area contributed by atoms with Gasteiger partial charge in [0.25, 0.3) is 0 Å². The Morgan fingerprint density at radius 1 is 1.04 bits per heavy atom. The van der Waals surface area contributed by atoms with Gasteiger partial charge in [0.05, 0.1) is 6.04 Å². The quantitative estimate of drug-likeness (QED) is 0.800. The van der Waals surface area contributed by atoms with Crippen LogP contribution >= 0.6 is 0 Å². The highest BCUT2D eigenvalue weighted by Gasteiger charge is 2.33. The van der Waals surface area contributed by atoms with Crippen molar-refractivity contribution < 1.29 is 9.59 Å². The van der Waals surface area contributed by atoms with Crippen molar-refractivity contribution in [1.29, 1.82) is 0 Å². The molecule has 4 nitrogen and oxygen atoms in total. The number of ketones is 1. The number of hydrogen-bond donors (Lipinski definition) is 1. The Morgan fingerprint density at radius 3 is 2.37 bits per heavy atom. The summed E-state index contributed by atoms with van der Waals surface area (Å²) in [5.74, 6) is 1.70. The second-order valence-electron chi connectivity index (χ2n) is 8.60. The third-order valence-electron chi connectivity index (χ3n) is 6.92. The van der Waals surface area contributed by atoms with Crippen molar-refractivity contribution in [2.24, 2.45) is 17.8 Å².